The summed E-state index contributed by atoms with van der Waals surface area (Å²) in [6.07, 6.45) is 27.8. The Labute approximate surface area is 306 Å². The number of aliphatic hydroxyl groups is 5. The van der Waals surface area contributed by atoms with E-state index in [1.165, 1.54) is 109 Å². The Morgan fingerprint density at radius 2 is 1.12 bits per heavy atom. The van der Waals surface area contributed by atoms with Crippen molar-refractivity contribution < 1.29 is 39.8 Å². The van der Waals surface area contributed by atoms with Crippen molar-refractivity contribution in [2.24, 2.45) is 0 Å². The van der Waals surface area contributed by atoms with E-state index >= 15 is 0 Å². The van der Waals surface area contributed by atoms with E-state index in [0.29, 0.717) is 12.8 Å². The maximum absolute atomic E-state index is 12.9. The van der Waals surface area contributed by atoms with E-state index in [1.54, 1.807) is 0 Å². The molecule has 9 nitrogen and oxygen atoms in total. The zero-order valence-electron chi connectivity index (χ0n) is 32.2. The first-order valence-electron chi connectivity index (χ1n) is 20.9. The van der Waals surface area contributed by atoms with Gasteiger partial charge in [0.05, 0.1) is 25.4 Å². The van der Waals surface area contributed by atoms with E-state index in [2.05, 4.69) is 31.3 Å². The molecule has 0 spiro atoms. The number of nitrogens with one attached hydrogen (secondary N) is 1. The van der Waals surface area contributed by atoms with Crippen LogP contribution in [-0.2, 0) is 14.3 Å². The molecule has 1 rings (SSSR count). The predicted molar refractivity (Wildman–Crippen MR) is 203 cm³/mol. The number of hydrogen-bond donors (Lipinski definition) is 6. The van der Waals surface area contributed by atoms with E-state index in [4.69, 9.17) is 9.47 Å². The molecule has 0 aromatic rings. The second kappa shape index (κ2) is 32.6. The second-order valence-corrected chi connectivity index (χ2v) is 14.8. The first-order chi connectivity index (χ1) is 24.3. The fourth-order valence-electron chi connectivity index (χ4n) is 6.68. The van der Waals surface area contributed by atoms with Gasteiger partial charge in [-0.3, -0.25) is 4.79 Å². The number of ether oxygens (including phenoxy) is 2. The Hall–Kier alpha value is -1.07. The maximum Gasteiger partial charge on any atom is 0.220 e. The van der Waals surface area contributed by atoms with Crippen molar-refractivity contribution in [3.8, 4) is 0 Å². The summed E-state index contributed by atoms with van der Waals surface area (Å²) in [6.45, 7) is 3.80. The Balaban J connectivity index is 2.40. The monoisotopic (exact) mass is 714 g/mol. The van der Waals surface area contributed by atoms with E-state index in [1.807, 2.05) is 0 Å². The van der Waals surface area contributed by atoms with Gasteiger partial charge in [-0.15, -0.1) is 0 Å². The number of hydrogen-bond acceptors (Lipinski definition) is 8. The summed E-state index contributed by atoms with van der Waals surface area (Å²) < 4.78 is 11.2. The largest absolute Gasteiger partial charge is 0.394 e. The highest BCUT2D eigenvalue weighted by Gasteiger charge is 2.44. The van der Waals surface area contributed by atoms with Crippen LogP contribution in [0.5, 0.6) is 0 Å². The molecule has 1 aliphatic rings. The predicted octanol–water partition coefficient (Wildman–Crippen LogP) is 7.78. The van der Waals surface area contributed by atoms with Gasteiger partial charge in [0.2, 0.25) is 5.91 Å². The van der Waals surface area contributed by atoms with E-state index in [0.717, 1.165) is 51.4 Å². The number of carbonyl (C=O) groups excluding carboxylic acids is 1. The lowest BCUT2D eigenvalue weighted by Gasteiger charge is -2.40. The van der Waals surface area contributed by atoms with Gasteiger partial charge in [-0.2, -0.15) is 0 Å². The molecule has 296 valence electrons. The summed E-state index contributed by atoms with van der Waals surface area (Å²) >= 11 is 0. The molecular weight excluding hydrogens is 634 g/mol. The molecule has 0 radical (unpaired) electrons. The van der Waals surface area contributed by atoms with Crippen LogP contribution in [0.15, 0.2) is 12.2 Å². The summed E-state index contributed by atoms with van der Waals surface area (Å²) in [7, 11) is 0. The number of rotatable bonds is 34. The molecule has 1 aliphatic heterocycles. The van der Waals surface area contributed by atoms with Gasteiger partial charge in [0.25, 0.3) is 0 Å². The molecule has 1 amide bonds. The Morgan fingerprint density at radius 3 is 1.62 bits per heavy atom. The minimum Gasteiger partial charge on any atom is -0.394 e. The summed E-state index contributed by atoms with van der Waals surface area (Å²) in [5.41, 5.74) is 0. The highest BCUT2D eigenvalue weighted by molar-refractivity contribution is 5.76. The maximum atomic E-state index is 12.9. The molecular formula is C41H79NO8. The van der Waals surface area contributed by atoms with Gasteiger partial charge >= 0.3 is 0 Å². The van der Waals surface area contributed by atoms with Crippen molar-refractivity contribution in [1.82, 2.24) is 5.32 Å². The van der Waals surface area contributed by atoms with Crippen LogP contribution in [0, 0.1) is 0 Å². The highest BCUT2D eigenvalue weighted by Crippen LogP contribution is 2.23. The van der Waals surface area contributed by atoms with Gasteiger partial charge < -0.3 is 40.3 Å². The molecule has 7 unspecified atom stereocenters. The Bertz CT molecular complexity index is 797. The molecule has 6 N–H and O–H groups in total. The van der Waals surface area contributed by atoms with E-state index < -0.39 is 49.5 Å². The van der Waals surface area contributed by atoms with Crippen LogP contribution in [0.4, 0.5) is 0 Å². The average Bonchev–Trinajstić information content (AvgIpc) is 3.11. The number of unbranched alkanes of at least 4 members (excludes halogenated alkanes) is 22. The lowest BCUT2D eigenvalue weighted by atomic mass is 9.99. The highest BCUT2D eigenvalue weighted by atomic mass is 16.7. The fraction of sp³-hybridized carbons (Fsp3) is 0.927. The first-order valence-corrected chi connectivity index (χ1v) is 20.9. The van der Waals surface area contributed by atoms with Crippen LogP contribution < -0.4 is 5.32 Å². The summed E-state index contributed by atoms with van der Waals surface area (Å²) in [4.78, 5) is 12.9. The molecule has 1 heterocycles. The van der Waals surface area contributed by atoms with Crippen LogP contribution >= 0.6 is 0 Å². The number of aliphatic hydroxyl groups excluding tert-OH is 5. The summed E-state index contributed by atoms with van der Waals surface area (Å²) in [5, 5.41) is 54.1. The van der Waals surface area contributed by atoms with Crippen molar-refractivity contribution in [3.05, 3.63) is 12.2 Å². The van der Waals surface area contributed by atoms with Crippen LogP contribution in [-0.4, -0.2) is 87.5 Å². The number of amides is 1. The molecule has 1 fully saturated rings. The molecule has 0 bridgehead atoms. The number of allylic oxidation sites excluding steroid dienone is 2. The van der Waals surface area contributed by atoms with E-state index in [-0.39, 0.29) is 12.5 Å². The van der Waals surface area contributed by atoms with Gasteiger partial charge in [-0.25, -0.2) is 0 Å². The number of carbonyl (C=O) groups is 1. The normalized spacial score (nSPS) is 22.3. The van der Waals surface area contributed by atoms with Crippen LogP contribution in [0.3, 0.4) is 0 Å². The van der Waals surface area contributed by atoms with Crippen LogP contribution in [0.1, 0.15) is 187 Å². The van der Waals surface area contributed by atoms with Gasteiger partial charge in [0, 0.05) is 6.42 Å². The lowest BCUT2D eigenvalue weighted by Crippen LogP contribution is -2.60. The molecule has 1 saturated heterocycles. The zero-order valence-corrected chi connectivity index (χ0v) is 32.2. The van der Waals surface area contributed by atoms with Gasteiger partial charge in [-0.05, 0) is 38.5 Å². The molecule has 0 aromatic heterocycles. The van der Waals surface area contributed by atoms with E-state index in [9.17, 15) is 30.3 Å². The summed E-state index contributed by atoms with van der Waals surface area (Å²) in [5.74, 6) is -0.161. The minimum absolute atomic E-state index is 0.141. The van der Waals surface area contributed by atoms with Crippen molar-refractivity contribution in [2.75, 3.05) is 13.2 Å². The van der Waals surface area contributed by atoms with Crippen molar-refractivity contribution in [2.45, 2.75) is 230 Å². The quantitative estimate of drug-likeness (QED) is 0.0293. The third-order valence-corrected chi connectivity index (χ3v) is 10.1. The third kappa shape index (κ3) is 23.5. The zero-order chi connectivity index (χ0) is 36.7. The second-order valence-electron chi connectivity index (χ2n) is 14.8. The molecule has 7 atom stereocenters. The smallest absolute Gasteiger partial charge is 0.220 e. The molecule has 0 aliphatic carbocycles. The van der Waals surface area contributed by atoms with Crippen molar-refractivity contribution in [1.29, 1.82) is 0 Å². The standard InChI is InChI=1S/C41H79NO8/c1-3-5-7-9-11-13-15-17-19-20-22-24-26-28-30-35(44)34(33-49-41-40(48)39(47)38(46)36(32-43)50-41)42-37(45)31-29-27-25-23-21-18-16-14-12-10-8-6-4-2/h18,21,34-36,38-41,43-44,46-48H,3-17,19-20,22-33H2,1-2H3,(H,42,45)/b21-18-. The van der Waals surface area contributed by atoms with Crippen molar-refractivity contribution in [3.63, 3.8) is 0 Å². The SMILES string of the molecule is CCCCCCCC/C=C\CCCCCC(=O)NC(COC1OC(CO)C(O)C(O)C1O)C(O)CCCCCCCCCCCCCCCC. The van der Waals surface area contributed by atoms with Crippen molar-refractivity contribution >= 4 is 5.91 Å². The Morgan fingerprint density at radius 1 is 0.660 bits per heavy atom. The first kappa shape index (κ1) is 47.0. The molecule has 0 aromatic carbocycles. The van der Waals surface area contributed by atoms with Gasteiger partial charge in [0.1, 0.15) is 24.4 Å². The Kier molecular flexibility index (Phi) is 30.6. The van der Waals surface area contributed by atoms with Crippen LogP contribution in [0.25, 0.3) is 0 Å². The van der Waals surface area contributed by atoms with Crippen LogP contribution in [0.2, 0.25) is 0 Å². The molecule has 0 saturated carbocycles. The van der Waals surface area contributed by atoms with Gasteiger partial charge in [-0.1, -0.05) is 154 Å². The summed E-state index contributed by atoms with van der Waals surface area (Å²) in [6, 6.07) is -0.721. The third-order valence-electron chi connectivity index (χ3n) is 10.1. The average molecular weight is 714 g/mol. The minimum atomic E-state index is -1.55. The topological polar surface area (TPSA) is 149 Å². The molecule has 9 heteroatoms. The fourth-order valence-corrected chi connectivity index (χ4v) is 6.68. The molecule has 50 heavy (non-hydrogen) atoms. The lowest BCUT2D eigenvalue weighted by molar-refractivity contribution is -0.302. The van der Waals surface area contributed by atoms with Gasteiger partial charge in [0.15, 0.2) is 6.29 Å².